The molecule has 0 saturated heterocycles. The Morgan fingerprint density at radius 1 is 1.16 bits per heavy atom. The molecular weight excluding hydrogens is 333 g/mol. The molecule has 1 aromatic rings. The molecule has 1 rings (SSSR count). The highest BCUT2D eigenvalue weighted by Crippen LogP contribution is 2.32. The molecule has 0 unspecified atom stereocenters. The first kappa shape index (κ1) is 16.1. The first-order valence-electron chi connectivity index (χ1n) is 4.35. The van der Waals surface area contributed by atoms with E-state index in [-0.39, 0.29) is 4.90 Å². The number of rotatable bonds is 3. The van der Waals surface area contributed by atoms with E-state index in [1.807, 2.05) is 0 Å². The van der Waals surface area contributed by atoms with E-state index in [1.165, 1.54) is 0 Å². The van der Waals surface area contributed by atoms with Crippen LogP contribution in [0, 0.1) is 0 Å². The lowest BCUT2D eigenvalue weighted by Crippen LogP contribution is -2.28. The van der Waals surface area contributed by atoms with Crippen molar-refractivity contribution < 1.29 is 34.2 Å². The Hall–Kier alpha value is -1.00. The number of alkyl halides is 3. The third-order valence-corrected chi connectivity index (χ3v) is 4.19. The number of halogens is 4. The van der Waals surface area contributed by atoms with E-state index >= 15 is 0 Å². The summed E-state index contributed by atoms with van der Waals surface area (Å²) in [6, 6.07) is 2.39. The zero-order valence-corrected chi connectivity index (χ0v) is 11.5. The van der Waals surface area contributed by atoms with Gasteiger partial charge in [0, 0.05) is 6.26 Å². The number of benzene rings is 1. The van der Waals surface area contributed by atoms with E-state index in [2.05, 4.69) is 4.18 Å². The molecule has 108 valence electrons. The summed E-state index contributed by atoms with van der Waals surface area (Å²) in [7, 11) is -9.48. The Bertz CT molecular complexity index is 694. The van der Waals surface area contributed by atoms with Gasteiger partial charge in [0.15, 0.2) is 15.6 Å². The molecular formula is C8H6ClF3O5S2. The Morgan fingerprint density at radius 2 is 1.68 bits per heavy atom. The van der Waals surface area contributed by atoms with Gasteiger partial charge in [-0.2, -0.15) is 21.6 Å². The molecule has 0 radical (unpaired) electrons. The third-order valence-electron chi connectivity index (χ3n) is 1.81. The van der Waals surface area contributed by atoms with E-state index in [9.17, 15) is 30.0 Å². The van der Waals surface area contributed by atoms with Crippen LogP contribution in [-0.4, -0.2) is 28.6 Å². The van der Waals surface area contributed by atoms with Crippen LogP contribution < -0.4 is 4.18 Å². The lowest BCUT2D eigenvalue weighted by Gasteiger charge is -2.11. The van der Waals surface area contributed by atoms with Crippen LogP contribution in [0.1, 0.15) is 0 Å². The van der Waals surface area contributed by atoms with Gasteiger partial charge in [-0.1, -0.05) is 11.6 Å². The molecule has 11 heteroatoms. The summed E-state index contributed by atoms with van der Waals surface area (Å²) in [4.78, 5) is -0.283. The number of hydrogen-bond acceptors (Lipinski definition) is 5. The molecule has 0 aliphatic rings. The van der Waals surface area contributed by atoms with Crippen LogP contribution >= 0.6 is 11.6 Å². The van der Waals surface area contributed by atoms with Crippen LogP contribution in [0.25, 0.3) is 0 Å². The molecule has 0 spiro atoms. The van der Waals surface area contributed by atoms with E-state index in [0.717, 1.165) is 24.5 Å². The van der Waals surface area contributed by atoms with Crippen LogP contribution in [0.3, 0.4) is 0 Å². The normalized spacial score (nSPS) is 13.3. The highest BCUT2D eigenvalue weighted by molar-refractivity contribution is 7.90. The fourth-order valence-electron chi connectivity index (χ4n) is 0.945. The minimum Gasteiger partial charge on any atom is -0.374 e. The van der Waals surface area contributed by atoms with Crippen molar-refractivity contribution in [3.8, 4) is 5.75 Å². The second kappa shape index (κ2) is 4.84. The van der Waals surface area contributed by atoms with Crippen molar-refractivity contribution in [3.05, 3.63) is 23.2 Å². The molecule has 0 aromatic heterocycles. The second-order valence-corrected chi connectivity index (χ2v) is 7.31. The van der Waals surface area contributed by atoms with Crippen LogP contribution in [0.2, 0.25) is 5.02 Å². The van der Waals surface area contributed by atoms with Crippen molar-refractivity contribution in [2.24, 2.45) is 0 Å². The van der Waals surface area contributed by atoms with Crippen LogP contribution in [0.4, 0.5) is 13.2 Å². The minimum atomic E-state index is -5.86. The van der Waals surface area contributed by atoms with Crippen molar-refractivity contribution in [1.82, 2.24) is 0 Å². The monoisotopic (exact) mass is 338 g/mol. The van der Waals surface area contributed by atoms with Gasteiger partial charge in [0.2, 0.25) is 0 Å². The van der Waals surface area contributed by atoms with Crippen molar-refractivity contribution in [2.45, 2.75) is 10.4 Å². The van der Waals surface area contributed by atoms with Gasteiger partial charge >= 0.3 is 15.6 Å². The predicted molar refractivity (Wildman–Crippen MR) is 60.2 cm³/mol. The van der Waals surface area contributed by atoms with E-state index < -0.39 is 36.2 Å². The first-order valence-corrected chi connectivity index (χ1v) is 8.03. The predicted octanol–water partition coefficient (Wildman–Crippen LogP) is 1.97. The van der Waals surface area contributed by atoms with Gasteiger partial charge in [0.05, 0.1) is 9.92 Å². The molecule has 0 atom stereocenters. The largest absolute Gasteiger partial charge is 0.534 e. The highest BCUT2D eigenvalue weighted by Gasteiger charge is 2.48. The molecule has 0 aliphatic heterocycles. The van der Waals surface area contributed by atoms with Gasteiger partial charge in [0.25, 0.3) is 0 Å². The van der Waals surface area contributed by atoms with Crippen LogP contribution in [-0.2, 0) is 20.0 Å². The minimum absolute atomic E-state index is 0.283. The maximum atomic E-state index is 12.1. The molecule has 0 saturated carbocycles. The number of sulfone groups is 1. The zero-order chi connectivity index (χ0) is 15.1. The second-order valence-electron chi connectivity index (χ2n) is 3.35. The summed E-state index contributed by atoms with van der Waals surface area (Å²) in [6.07, 6.45) is 0.853. The molecule has 0 bridgehead atoms. The Morgan fingerprint density at radius 3 is 2.05 bits per heavy atom. The van der Waals surface area contributed by atoms with Gasteiger partial charge in [0.1, 0.15) is 0 Å². The van der Waals surface area contributed by atoms with Crippen molar-refractivity contribution in [1.29, 1.82) is 0 Å². The standard InChI is InChI=1S/C8H6ClF3O5S2/c1-18(13,14)5-2-3-7(6(9)4-5)17-19(15,16)8(10,11)12/h2-4H,1H3. The van der Waals surface area contributed by atoms with Gasteiger partial charge in [-0.25, -0.2) is 8.42 Å². The number of hydrogen-bond donors (Lipinski definition) is 0. The Kier molecular flexibility index (Phi) is 4.09. The topological polar surface area (TPSA) is 77.5 Å². The van der Waals surface area contributed by atoms with Gasteiger partial charge in [-0.05, 0) is 18.2 Å². The molecule has 0 aliphatic carbocycles. The summed E-state index contributed by atoms with van der Waals surface area (Å²) >= 11 is 5.47. The smallest absolute Gasteiger partial charge is 0.374 e. The lowest BCUT2D eigenvalue weighted by atomic mass is 10.3. The first-order chi connectivity index (χ1) is 8.34. The molecule has 19 heavy (non-hydrogen) atoms. The van der Waals surface area contributed by atoms with Gasteiger partial charge in [-0.15, -0.1) is 0 Å². The molecule has 1 aromatic carbocycles. The van der Waals surface area contributed by atoms with E-state index in [0.29, 0.717) is 0 Å². The molecule has 0 heterocycles. The molecule has 5 nitrogen and oxygen atoms in total. The summed E-state index contributed by atoms with van der Waals surface area (Å²) in [5.41, 5.74) is -5.61. The van der Waals surface area contributed by atoms with E-state index in [4.69, 9.17) is 11.6 Å². The maximum Gasteiger partial charge on any atom is 0.534 e. The van der Waals surface area contributed by atoms with Gasteiger partial charge < -0.3 is 4.18 Å². The van der Waals surface area contributed by atoms with Gasteiger partial charge in [-0.3, -0.25) is 0 Å². The van der Waals surface area contributed by atoms with Crippen molar-refractivity contribution in [2.75, 3.05) is 6.26 Å². The van der Waals surface area contributed by atoms with Crippen LogP contribution in [0.15, 0.2) is 23.1 Å². The highest BCUT2D eigenvalue weighted by atomic mass is 35.5. The lowest BCUT2D eigenvalue weighted by molar-refractivity contribution is -0.0500. The Balaban J connectivity index is 3.20. The maximum absolute atomic E-state index is 12.1. The summed E-state index contributed by atoms with van der Waals surface area (Å²) in [5.74, 6) is -0.814. The van der Waals surface area contributed by atoms with Crippen molar-refractivity contribution in [3.63, 3.8) is 0 Å². The quantitative estimate of drug-likeness (QED) is 0.622. The fraction of sp³-hybridized carbons (Fsp3) is 0.250. The summed E-state index contributed by atoms with van der Waals surface area (Å²) in [5, 5.41) is -0.573. The zero-order valence-electron chi connectivity index (χ0n) is 9.10. The summed E-state index contributed by atoms with van der Waals surface area (Å²) < 4.78 is 83.7. The average Bonchev–Trinajstić information content (AvgIpc) is 2.17. The average molecular weight is 339 g/mol. The van der Waals surface area contributed by atoms with E-state index in [1.54, 1.807) is 0 Å². The van der Waals surface area contributed by atoms with Crippen molar-refractivity contribution >= 4 is 31.6 Å². The fourth-order valence-corrected chi connectivity index (χ4v) is 2.40. The molecule has 0 fully saturated rings. The SMILES string of the molecule is CS(=O)(=O)c1ccc(OS(=O)(=O)C(F)(F)F)c(Cl)c1. The molecule has 0 N–H and O–H groups in total. The summed E-state index contributed by atoms with van der Waals surface area (Å²) in [6.45, 7) is 0. The van der Waals surface area contributed by atoms with Crippen LogP contribution in [0.5, 0.6) is 5.75 Å². The third kappa shape index (κ3) is 3.74. The Labute approximate surface area is 112 Å². The molecule has 0 amide bonds.